The van der Waals surface area contributed by atoms with Crippen LogP contribution in [-0.2, 0) is 23.1 Å². The first kappa shape index (κ1) is 24.6. The molecule has 0 unspecified atom stereocenters. The maximum atomic E-state index is 11.4. The third-order valence-electron chi connectivity index (χ3n) is 5.24. The van der Waals surface area contributed by atoms with Crippen LogP contribution in [0.5, 0.6) is 11.5 Å². The van der Waals surface area contributed by atoms with Gasteiger partial charge in [0.05, 0.1) is 29.1 Å². The Balaban J connectivity index is 1.54. The minimum atomic E-state index is -3.47. The van der Waals surface area contributed by atoms with E-state index in [0.717, 1.165) is 42.6 Å². The second-order valence-electron chi connectivity index (χ2n) is 7.99. The summed E-state index contributed by atoms with van der Waals surface area (Å²) in [6.07, 6.45) is 4.16. The van der Waals surface area contributed by atoms with E-state index in [1.54, 1.807) is 12.1 Å². The molecule has 0 amide bonds. The van der Waals surface area contributed by atoms with Gasteiger partial charge in [-0.3, -0.25) is 4.72 Å². The summed E-state index contributed by atoms with van der Waals surface area (Å²) < 4.78 is 36.7. The molecule has 0 fully saturated rings. The van der Waals surface area contributed by atoms with Crippen LogP contribution >= 0.6 is 11.6 Å². The smallest absolute Gasteiger partial charge is 0.236 e. The van der Waals surface area contributed by atoms with Gasteiger partial charge in [-0.25, -0.2) is 18.4 Å². The Morgan fingerprint density at radius 3 is 2.80 bits per heavy atom. The first-order valence-corrected chi connectivity index (χ1v) is 13.2. The second kappa shape index (κ2) is 10.4. The van der Waals surface area contributed by atoms with Gasteiger partial charge in [-0.05, 0) is 42.7 Å². The number of ether oxygens (including phenoxy) is 2. The lowest BCUT2D eigenvalue weighted by molar-refractivity contribution is 0.301. The van der Waals surface area contributed by atoms with E-state index in [1.807, 2.05) is 31.2 Å². The maximum Gasteiger partial charge on any atom is 0.236 e. The summed E-state index contributed by atoms with van der Waals surface area (Å²) in [6, 6.07) is 13.3. The van der Waals surface area contributed by atoms with Crippen molar-refractivity contribution in [2.75, 3.05) is 29.0 Å². The number of nitrogens with zero attached hydrogens (tertiary/aromatic N) is 4. The standard InChI is InChI=1S/C24H24ClN5O4S/c1-3-10-33-23-17(14-26)11-19(12-21(23)25)30-9-7-16-4-5-20(13-22(16)30)34-15-18-6-8-27-24(28-18)29-35(2,31)32/h4-6,8,11-13H,3,7,9-10,15H2,1-2H3,(H,27,28,29). The molecule has 11 heteroatoms. The number of anilines is 3. The summed E-state index contributed by atoms with van der Waals surface area (Å²) in [6.45, 7) is 3.35. The number of nitrogens with one attached hydrogen (secondary N) is 1. The first-order chi connectivity index (χ1) is 16.8. The van der Waals surface area contributed by atoms with Crippen molar-refractivity contribution in [1.29, 1.82) is 5.26 Å². The van der Waals surface area contributed by atoms with Gasteiger partial charge in [0.2, 0.25) is 16.0 Å². The molecule has 0 spiro atoms. The van der Waals surface area contributed by atoms with Gasteiger partial charge in [-0.15, -0.1) is 0 Å². The van der Waals surface area contributed by atoms with Crippen LogP contribution in [0, 0.1) is 11.3 Å². The quantitative estimate of drug-likeness (QED) is 0.446. The molecule has 0 bridgehead atoms. The molecule has 2 heterocycles. The van der Waals surface area contributed by atoms with E-state index in [4.69, 9.17) is 21.1 Å². The normalized spacial score (nSPS) is 12.7. The number of halogens is 1. The van der Waals surface area contributed by atoms with Crippen molar-refractivity contribution in [3.05, 3.63) is 64.4 Å². The van der Waals surface area contributed by atoms with Gasteiger partial charge >= 0.3 is 0 Å². The second-order valence-corrected chi connectivity index (χ2v) is 10.1. The lowest BCUT2D eigenvalue weighted by Crippen LogP contribution is -2.14. The van der Waals surface area contributed by atoms with Crippen molar-refractivity contribution in [3.8, 4) is 17.6 Å². The number of sulfonamides is 1. The predicted octanol–water partition coefficient (Wildman–Crippen LogP) is 4.44. The van der Waals surface area contributed by atoms with E-state index in [9.17, 15) is 13.7 Å². The highest BCUT2D eigenvalue weighted by Crippen LogP contribution is 2.41. The van der Waals surface area contributed by atoms with Crippen LogP contribution in [0.4, 0.5) is 17.3 Å². The van der Waals surface area contributed by atoms with E-state index < -0.39 is 10.0 Å². The Bertz CT molecular complexity index is 1390. The largest absolute Gasteiger partial charge is 0.491 e. The van der Waals surface area contributed by atoms with Crippen molar-refractivity contribution in [2.45, 2.75) is 26.4 Å². The summed E-state index contributed by atoms with van der Waals surface area (Å²) in [4.78, 5) is 10.2. The zero-order chi connectivity index (χ0) is 25.0. The van der Waals surface area contributed by atoms with Crippen LogP contribution in [0.2, 0.25) is 5.02 Å². The van der Waals surface area contributed by atoms with Gasteiger partial charge < -0.3 is 14.4 Å². The third kappa shape index (κ3) is 5.93. The van der Waals surface area contributed by atoms with Gasteiger partial charge in [-0.2, -0.15) is 5.26 Å². The van der Waals surface area contributed by atoms with E-state index in [-0.39, 0.29) is 12.6 Å². The van der Waals surface area contributed by atoms with Crippen molar-refractivity contribution in [3.63, 3.8) is 0 Å². The highest BCUT2D eigenvalue weighted by atomic mass is 35.5. The van der Waals surface area contributed by atoms with Crippen molar-refractivity contribution >= 4 is 38.9 Å². The molecule has 1 N–H and O–H groups in total. The molecule has 0 radical (unpaired) electrons. The van der Waals surface area contributed by atoms with E-state index in [2.05, 4.69) is 25.7 Å². The molecule has 182 valence electrons. The average Bonchev–Trinajstić information content (AvgIpc) is 3.24. The molecule has 0 saturated carbocycles. The number of rotatable bonds is 9. The highest BCUT2D eigenvalue weighted by molar-refractivity contribution is 7.91. The number of hydrogen-bond acceptors (Lipinski definition) is 8. The van der Waals surface area contributed by atoms with E-state index in [1.165, 1.54) is 6.20 Å². The van der Waals surface area contributed by atoms with Crippen molar-refractivity contribution < 1.29 is 17.9 Å². The third-order valence-corrected chi connectivity index (χ3v) is 6.07. The van der Waals surface area contributed by atoms with Crippen molar-refractivity contribution in [2.24, 2.45) is 0 Å². The summed E-state index contributed by atoms with van der Waals surface area (Å²) in [5.41, 5.74) is 3.84. The Hall–Kier alpha value is -3.55. The zero-order valence-corrected chi connectivity index (χ0v) is 20.9. The van der Waals surface area contributed by atoms with Crippen molar-refractivity contribution in [1.82, 2.24) is 9.97 Å². The molecule has 1 aliphatic rings. The molecule has 3 aromatic rings. The van der Waals surface area contributed by atoms with Gasteiger partial charge in [-0.1, -0.05) is 24.6 Å². The van der Waals surface area contributed by atoms with E-state index >= 15 is 0 Å². The highest BCUT2D eigenvalue weighted by Gasteiger charge is 2.23. The fourth-order valence-corrected chi connectivity index (χ4v) is 4.43. The molecular weight excluding hydrogens is 490 g/mol. The number of hydrogen-bond donors (Lipinski definition) is 1. The van der Waals surface area contributed by atoms with Gasteiger partial charge in [0.15, 0.2) is 5.75 Å². The monoisotopic (exact) mass is 513 g/mol. The summed E-state index contributed by atoms with van der Waals surface area (Å²) >= 11 is 6.47. The Kier molecular flexibility index (Phi) is 7.28. The Morgan fingerprint density at radius 1 is 1.23 bits per heavy atom. The topological polar surface area (TPSA) is 117 Å². The average molecular weight is 514 g/mol. The van der Waals surface area contributed by atoms with Crippen LogP contribution in [-0.4, -0.2) is 37.8 Å². The van der Waals surface area contributed by atoms with E-state index in [0.29, 0.717) is 34.4 Å². The summed E-state index contributed by atoms with van der Waals surface area (Å²) in [5.74, 6) is 1.03. The maximum absolute atomic E-state index is 11.4. The van der Waals surface area contributed by atoms with Crippen LogP contribution in [0.1, 0.15) is 30.2 Å². The van der Waals surface area contributed by atoms with Gasteiger partial charge in [0.25, 0.3) is 0 Å². The molecule has 0 aliphatic carbocycles. The molecule has 0 atom stereocenters. The first-order valence-electron chi connectivity index (χ1n) is 11.0. The SMILES string of the molecule is CCCOc1c(Cl)cc(N2CCc3ccc(OCc4ccnc(NS(C)(=O)=O)n4)cc32)cc1C#N. The lowest BCUT2D eigenvalue weighted by Gasteiger charge is -2.22. The number of aromatic nitrogens is 2. The van der Waals surface area contributed by atoms with Crippen LogP contribution in [0.25, 0.3) is 0 Å². The van der Waals surface area contributed by atoms with Crippen LogP contribution < -0.4 is 19.1 Å². The Morgan fingerprint density at radius 2 is 2.06 bits per heavy atom. The molecule has 0 saturated heterocycles. The fraction of sp³-hybridized carbons (Fsp3) is 0.292. The molecule has 9 nitrogen and oxygen atoms in total. The molecule has 1 aliphatic heterocycles. The number of fused-ring (bicyclic) bond motifs is 1. The molecule has 2 aromatic carbocycles. The Labute approximate surface area is 209 Å². The lowest BCUT2D eigenvalue weighted by atomic mass is 10.1. The zero-order valence-electron chi connectivity index (χ0n) is 19.3. The summed E-state index contributed by atoms with van der Waals surface area (Å²) in [7, 11) is -3.47. The predicted molar refractivity (Wildman–Crippen MR) is 134 cm³/mol. The van der Waals surface area contributed by atoms with Gasteiger partial charge in [0.1, 0.15) is 18.4 Å². The number of nitriles is 1. The van der Waals surface area contributed by atoms with Gasteiger partial charge in [0, 0.05) is 30.2 Å². The minimum Gasteiger partial charge on any atom is -0.491 e. The fourth-order valence-electron chi connectivity index (χ4n) is 3.73. The van der Waals surface area contributed by atoms with Crippen LogP contribution in [0.15, 0.2) is 42.6 Å². The molecule has 1 aromatic heterocycles. The molecule has 35 heavy (non-hydrogen) atoms. The number of benzene rings is 2. The summed E-state index contributed by atoms with van der Waals surface area (Å²) in [5, 5.41) is 10.0. The minimum absolute atomic E-state index is 0.00901. The van der Waals surface area contributed by atoms with Crippen LogP contribution in [0.3, 0.4) is 0 Å². The molecular formula is C24H24ClN5O4S. The molecule has 4 rings (SSSR count).